The first-order chi connectivity index (χ1) is 12.5. The third kappa shape index (κ3) is 4.62. The highest BCUT2D eigenvalue weighted by molar-refractivity contribution is 14.1. The summed E-state index contributed by atoms with van der Waals surface area (Å²) in [5.41, 5.74) is 2.25. The molecule has 0 fully saturated rings. The Bertz CT molecular complexity index is 958. The SMILES string of the molecule is O=C(Nc1ccc(NC(=O)c2ccccc2Cl)cc1)c1cccc(I)c1. The Kier molecular flexibility index (Phi) is 5.90. The third-order valence-electron chi connectivity index (χ3n) is 3.61. The zero-order chi connectivity index (χ0) is 18.5. The number of carbonyl (C=O) groups excluding carboxylic acids is 2. The second-order valence-corrected chi connectivity index (χ2v) is 7.13. The zero-order valence-corrected chi connectivity index (χ0v) is 16.4. The third-order valence-corrected chi connectivity index (χ3v) is 4.61. The number of hydrogen-bond acceptors (Lipinski definition) is 2. The van der Waals surface area contributed by atoms with Crippen molar-refractivity contribution in [2.75, 3.05) is 10.6 Å². The lowest BCUT2D eigenvalue weighted by Crippen LogP contribution is -2.13. The maximum Gasteiger partial charge on any atom is 0.257 e. The molecule has 4 nitrogen and oxygen atoms in total. The molecule has 0 heterocycles. The molecular weight excluding hydrogens is 463 g/mol. The molecule has 130 valence electrons. The Labute approximate surface area is 169 Å². The number of anilines is 2. The molecule has 26 heavy (non-hydrogen) atoms. The van der Waals surface area contributed by atoms with Crippen LogP contribution in [0.15, 0.2) is 72.8 Å². The fraction of sp³-hybridized carbons (Fsp3) is 0. The minimum atomic E-state index is -0.286. The summed E-state index contributed by atoms with van der Waals surface area (Å²) in [7, 11) is 0. The largest absolute Gasteiger partial charge is 0.322 e. The van der Waals surface area contributed by atoms with Gasteiger partial charge in [0.05, 0.1) is 10.6 Å². The predicted octanol–water partition coefficient (Wildman–Crippen LogP) is 5.45. The average molecular weight is 477 g/mol. The second kappa shape index (κ2) is 8.33. The number of amides is 2. The van der Waals surface area contributed by atoms with E-state index >= 15 is 0 Å². The van der Waals surface area contributed by atoms with Gasteiger partial charge in [0.2, 0.25) is 0 Å². The van der Waals surface area contributed by atoms with Gasteiger partial charge in [-0.15, -0.1) is 0 Å². The summed E-state index contributed by atoms with van der Waals surface area (Å²) in [5.74, 6) is -0.470. The van der Waals surface area contributed by atoms with E-state index in [4.69, 9.17) is 11.6 Å². The highest BCUT2D eigenvalue weighted by Gasteiger charge is 2.10. The van der Waals surface area contributed by atoms with Gasteiger partial charge in [-0.2, -0.15) is 0 Å². The molecule has 2 amide bonds. The summed E-state index contributed by atoms with van der Waals surface area (Å²) in [5, 5.41) is 6.01. The van der Waals surface area contributed by atoms with E-state index in [0.29, 0.717) is 27.5 Å². The summed E-state index contributed by atoms with van der Waals surface area (Å²) in [6.45, 7) is 0. The molecule has 3 aromatic carbocycles. The van der Waals surface area contributed by atoms with Gasteiger partial charge in [0.15, 0.2) is 0 Å². The smallest absolute Gasteiger partial charge is 0.257 e. The number of benzene rings is 3. The fourth-order valence-corrected chi connectivity index (χ4v) is 3.08. The van der Waals surface area contributed by atoms with E-state index in [1.807, 2.05) is 18.2 Å². The van der Waals surface area contributed by atoms with Crippen LogP contribution in [-0.4, -0.2) is 11.8 Å². The minimum absolute atomic E-state index is 0.184. The number of carbonyl (C=O) groups is 2. The minimum Gasteiger partial charge on any atom is -0.322 e. The lowest BCUT2D eigenvalue weighted by atomic mass is 10.2. The van der Waals surface area contributed by atoms with Crippen LogP contribution in [-0.2, 0) is 0 Å². The predicted molar refractivity (Wildman–Crippen MR) is 113 cm³/mol. The Morgan fingerprint density at radius 1 is 0.769 bits per heavy atom. The maximum atomic E-state index is 12.3. The van der Waals surface area contributed by atoms with Crippen molar-refractivity contribution < 1.29 is 9.59 Å². The van der Waals surface area contributed by atoms with Crippen LogP contribution >= 0.6 is 34.2 Å². The molecule has 0 atom stereocenters. The van der Waals surface area contributed by atoms with E-state index in [2.05, 4.69) is 33.2 Å². The molecule has 0 saturated heterocycles. The quantitative estimate of drug-likeness (QED) is 0.492. The molecule has 3 aromatic rings. The number of nitrogens with one attached hydrogen (secondary N) is 2. The lowest BCUT2D eigenvalue weighted by Gasteiger charge is -2.09. The normalized spacial score (nSPS) is 10.2. The van der Waals surface area contributed by atoms with Crippen LogP contribution in [0, 0.1) is 3.57 Å². The Morgan fingerprint density at radius 2 is 1.38 bits per heavy atom. The molecule has 0 radical (unpaired) electrons. The zero-order valence-electron chi connectivity index (χ0n) is 13.5. The van der Waals surface area contributed by atoms with Crippen LogP contribution in [0.4, 0.5) is 11.4 Å². The van der Waals surface area contributed by atoms with Crippen molar-refractivity contribution >= 4 is 57.4 Å². The van der Waals surface area contributed by atoms with Gasteiger partial charge in [-0.05, 0) is 77.2 Å². The van der Waals surface area contributed by atoms with E-state index in [1.165, 1.54) is 0 Å². The van der Waals surface area contributed by atoms with E-state index in [1.54, 1.807) is 54.6 Å². The average Bonchev–Trinajstić information content (AvgIpc) is 2.63. The first-order valence-electron chi connectivity index (χ1n) is 7.76. The molecule has 0 saturated carbocycles. The molecule has 0 bridgehead atoms. The highest BCUT2D eigenvalue weighted by Crippen LogP contribution is 2.19. The van der Waals surface area contributed by atoms with Gasteiger partial charge in [0, 0.05) is 20.5 Å². The van der Waals surface area contributed by atoms with Crippen LogP contribution in [0.25, 0.3) is 0 Å². The molecule has 0 aliphatic heterocycles. The Morgan fingerprint density at radius 3 is 2.00 bits per heavy atom. The van der Waals surface area contributed by atoms with Crippen molar-refractivity contribution in [2.24, 2.45) is 0 Å². The first-order valence-corrected chi connectivity index (χ1v) is 9.21. The summed E-state index contributed by atoms with van der Waals surface area (Å²) < 4.78 is 0.993. The number of hydrogen-bond donors (Lipinski definition) is 2. The Balaban J connectivity index is 1.66. The van der Waals surface area contributed by atoms with Gasteiger partial charge in [-0.1, -0.05) is 29.8 Å². The van der Waals surface area contributed by atoms with Crippen LogP contribution in [0.5, 0.6) is 0 Å². The summed E-state index contributed by atoms with van der Waals surface area (Å²) in [4.78, 5) is 24.5. The molecule has 6 heteroatoms. The monoisotopic (exact) mass is 476 g/mol. The van der Waals surface area contributed by atoms with Gasteiger partial charge < -0.3 is 10.6 Å². The van der Waals surface area contributed by atoms with Crippen LogP contribution in [0.1, 0.15) is 20.7 Å². The summed E-state index contributed by atoms with van der Waals surface area (Å²) in [6, 6.07) is 21.1. The molecular formula is C20H14ClIN2O2. The van der Waals surface area contributed by atoms with Crippen molar-refractivity contribution in [1.82, 2.24) is 0 Å². The van der Waals surface area contributed by atoms with E-state index < -0.39 is 0 Å². The van der Waals surface area contributed by atoms with Crippen molar-refractivity contribution in [3.63, 3.8) is 0 Å². The summed E-state index contributed by atoms with van der Waals surface area (Å²) >= 11 is 8.19. The highest BCUT2D eigenvalue weighted by atomic mass is 127. The summed E-state index contributed by atoms with van der Waals surface area (Å²) in [6.07, 6.45) is 0. The Hall–Kier alpha value is -2.38. The van der Waals surface area contributed by atoms with Crippen molar-refractivity contribution in [2.45, 2.75) is 0 Å². The van der Waals surface area contributed by atoms with Crippen LogP contribution in [0.2, 0.25) is 5.02 Å². The van der Waals surface area contributed by atoms with Gasteiger partial charge >= 0.3 is 0 Å². The number of rotatable bonds is 4. The van der Waals surface area contributed by atoms with Gasteiger partial charge in [-0.25, -0.2) is 0 Å². The van der Waals surface area contributed by atoms with Crippen LogP contribution in [0.3, 0.4) is 0 Å². The van der Waals surface area contributed by atoms with Gasteiger partial charge in [0.25, 0.3) is 11.8 Å². The van der Waals surface area contributed by atoms with E-state index in [9.17, 15) is 9.59 Å². The van der Waals surface area contributed by atoms with Crippen molar-refractivity contribution in [3.8, 4) is 0 Å². The molecule has 0 aromatic heterocycles. The van der Waals surface area contributed by atoms with E-state index in [0.717, 1.165) is 3.57 Å². The topological polar surface area (TPSA) is 58.2 Å². The fourth-order valence-electron chi connectivity index (χ4n) is 2.31. The second-order valence-electron chi connectivity index (χ2n) is 5.48. The molecule has 0 unspecified atom stereocenters. The standard InChI is InChI=1S/C20H14ClIN2O2/c21-18-7-2-1-6-17(18)20(26)24-16-10-8-15(9-11-16)23-19(25)13-4-3-5-14(22)12-13/h1-12H,(H,23,25)(H,24,26). The number of halogens is 2. The molecule has 3 rings (SSSR count). The van der Waals surface area contributed by atoms with Crippen molar-refractivity contribution in [3.05, 3.63) is 92.5 Å². The molecule has 2 N–H and O–H groups in total. The first kappa shape index (κ1) is 18.4. The van der Waals surface area contributed by atoms with Crippen molar-refractivity contribution in [1.29, 1.82) is 0 Å². The molecule has 0 aliphatic carbocycles. The van der Waals surface area contributed by atoms with E-state index in [-0.39, 0.29) is 11.8 Å². The maximum absolute atomic E-state index is 12.3. The van der Waals surface area contributed by atoms with Gasteiger partial charge in [0.1, 0.15) is 0 Å². The molecule has 0 aliphatic rings. The van der Waals surface area contributed by atoms with Gasteiger partial charge in [-0.3, -0.25) is 9.59 Å². The molecule has 0 spiro atoms. The lowest BCUT2D eigenvalue weighted by molar-refractivity contribution is 0.101. The van der Waals surface area contributed by atoms with Crippen LogP contribution < -0.4 is 10.6 Å².